The Bertz CT molecular complexity index is 308. The van der Waals surface area contributed by atoms with Crippen molar-refractivity contribution in [3.8, 4) is 0 Å². The average molecular weight is 209 g/mol. The lowest BCUT2D eigenvalue weighted by Crippen LogP contribution is -2.00. The normalized spacial score (nSPS) is 10.3. The van der Waals surface area contributed by atoms with E-state index >= 15 is 0 Å². The van der Waals surface area contributed by atoms with E-state index in [4.69, 9.17) is 5.11 Å². The molecule has 0 atom stereocenters. The van der Waals surface area contributed by atoms with Crippen molar-refractivity contribution in [1.29, 1.82) is 0 Å². The number of aliphatic hydroxyl groups is 1. The Morgan fingerprint density at radius 2 is 1.93 bits per heavy atom. The smallest absolute Gasteiger partial charge is 0.106 e. The maximum Gasteiger partial charge on any atom is 0.106 e. The van der Waals surface area contributed by atoms with Crippen LogP contribution in [0.5, 0.6) is 0 Å². The molecule has 0 unspecified atom stereocenters. The highest BCUT2D eigenvalue weighted by Crippen LogP contribution is 2.09. The van der Waals surface area contributed by atoms with Crippen molar-refractivity contribution in [1.82, 2.24) is 0 Å². The summed E-state index contributed by atoms with van der Waals surface area (Å²) in [5, 5.41) is 12.8. The van der Waals surface area contributed by atoms with Crippen molar-refractivity contribution < 1.29 is 9.94 Å². The van der Waals surface area contributed by atoms with E-state index in [0.717, 1.165) is 16.8 Å². The predicted molar refractivity (Wildman–Crippen MR) is 62.9 cm³/mol. The summed E-state index contributed by atoms with van der Waals surface area (Å²) in [6, 6.07) is 7.56. The number of rotatable bonds is 3. The van der Waals surface area contributed by atoms with Crippen LogP contribution in [0.25, 0.3) is 0 Å². The molecule has 0 radical (unpaired) electrons. The molecule has 0 aliphatic carbocycles. The maximum atomic E-state index is 9.04. The van der Waals surface area contributed by atoms with Gasteiger partial charge in [0.1, 0.15) is 7.11 Å². The Morgan fingerprint density at radius 3 is 2.47 bits per heavy atom. The first kappa shape index (κ1) is 13.7. The molecule has 0 saturated carbocycles. The van der Waals surface area contributed by atoms with E-state index in [1.54, 1.807) is 0 Å². The number of aliphatic hydroxyl groups excluding tert-OH is 1. The Labute approximate surface area is 91.4 Å². The van der Waals surface area contributed by atoms with E-state index in [9.17, 15) is 0 Å². The summed E-state index contributed by atoms with van der Waals surface area (Å²) in [7, 11) is 1.51. The van der Waals surface area contributed by atoms with Gasteiger partial charge in [-0.2, -0.15) is 0 Å². The fourth-order valence-electron chi connectivity index (χ4n) is 1.20. The van der Waals surface area contributed by atoms with Crippen LogP contribution in [-0.2, 0) is 11.4 Å². The maximum absolute atomic E-state index is 9.04. The van der Waals surface area contributed by atoms with Crippen LogP contribution >= 0.6 is 0 Å². The summed E-state index contributed by atoms with van der Waals surface area (Å²) in [4.78, 5) is 4.66. The van der Waals surface area contributed by atoms with Gasteiger partial charge in [0.2, 0.25) is 0 Å². The van der Waals surface area contributed by atoms with Crippen LogP contribution < -0.4 is 0 Å². The minimum atomic E-state index is 0.0206. The third-order valence-electron chi connectivity index (χ3n) is 1.81. The highest BCUT2D eigenvalue weighted by molar-refractivity contribution is 5.99. The van der Waals surface area contributed by atoms with Gasteiger partial charge in [0.15, 0.2) is 0 Å². The molecule has 0 aromatic heterocycles. The Morgan fingerprint density at radius 1 is 1.33 bits per heavy atom. The van der Waals surface area contributed by atoms with E-state index < -0.39 is 0 Å². The minimum Gasteiger partial charge on any atom is -0.399 e. The zero-order valence-corrected chi connectivity index (χ0v) is 9.82. The third kappa shape index (κ3) is 4.13. The number of benzene rings is 1. The van der Waals surface area contributed by atoms with Crippen LogP contribution in [0, 0.1) is 0 Å². The van der Waals surface area contributed by atoms with E-state index in [1.165, 1.54) is 7.11 Å². The highest BCUT2D eigenvalue weighted by atomic mass is 16.6. The second-order valence-electron chi connectivity index (χ2n) is 2.67. The number of nitrogens with zero attached hydrogens (tertiary/aromatic N) is 1. The molecule has 0 aliphatic heterocycles. The van der Waals surface area contributed by atoms with Gasteiger partial charge < -0.3 is 9.94 Å². The van der Waals surface area contributed by atoms with Crippen molar-refractivity contribution in [3.63, 3.8) is 0 Å². The lowest BCUT2D eigenvalue weighted by Gasteiger charge is -2.04. The van der Waals surface area contributed by atoms with Crippen molar-refractivity contribution in [2.75, 3.05) is 7.11 Å². The fraction of sp³-hybridized carbons (Fsp3) is 0.417. The SMILES string of the molecule is CC.CO/N=C(/C)c1ccccc1CO. The van der Waals surface area contributed by atoms with Gasteiger partial charge in [-0.3, -0.25) is 0 Å². The van der Waals surface area contributed by atoms with E-state index in [0.29, 0.717) is 0 Å². The molecule has 0 amide bonds. The summed E-state index contributed by atoms with van der Waals surface area (Å²) in [6.07, 6.45) is 0. The van der Waals surface area contributed by atoms with Crippen LogP contribution in [0.4, 0.5) is 0 Å². The van der Waals surface area contributed by atoms with Crippen LogP contribution in [0.1, 0.15) is 31.9 Å². The van der Waals surface area contributed by atoms with Gasteiger partial charge in [-0.05, 0) is 12.5 Å². The van der Waals surface area contributed by atoms with E-state index in [1.807, 2.05) is 45.0 Å². The van der Waals surface area contributed by atoms with Gasteiger partial charge in [-0.1, -0.05) is 43.3 Å². The molecule has 1 aromatic carbocycles. The second-order valence-corrected chi connectivity index (χ2v) is 2.67. The van der Waals surface area contributed by atoms with Gasteiger partial charge >= 0.3 is 0 Å². The first-order chi connectivity index (χ1) is 7.29. The summed E-state index contributed by atoms with van der Waals surface area (Å²) in [6.45, 7) is 5.87. The first-order valence-corrected chi connectivity index (χ1v) is 5.06. The van der Waals surface area contributed by atoms with Crippen molar-refractivity contribution in [2.45, 2.75) is 27.4 Å². The highest BCUT2D eigenvalue weighted by Gasteiger charge is 2.03. The Hall–Kier alpha value is -1.35. The quantitative estimate of drug-likeness (QED) is 0.614. The summed E-state index contributed by atoms with van der Waals surface area (Å²) >= 11 is 0. The topological polar surface area (TPSA) is 41.8 Å². The van der Waals surface area contributed by atoms with Gasteiger partial charge in [0.25, 0.3) is 0 Å². The van der Waals surface area contributed by atoms with Gasteiger partial charge in [-0.15, -0.1) is 0 Å². The van der Waals surface area contributed by atoms with Crippen molar-refractivity contribution in [2.24, 2.45) is 5.16 Å². The Balaban J connectivity index is 0.000000921. The molecule has 84 valence electrons. The van der Waals surface area contributed by atoms with Crippen LogP contribution in [0.2, 0.25) is 0 Å². The average Bonchev–Trinajstić information content (AvgIpc) is 2.32. The van der Waals surface area contributed by atoms with Gasteiger partial charge in [0, 0.05) is 5.56 Å². The molecule has 1 N–H and O–H groups in total. The van der Waals surface area contributed by atoms with Gasteiger partial charge in [0.05, 0.1) is 12.3 Å². The number of hydrogen-bond donors (Lipinski definition) is 1. The lowest BCUT2D eigenvalue weighted by molar-refractivity contribution is 0.213. The van der Waals surface area contributed by atoms with Crippen LogP contribution in [0.3, 0.4) is 0 Å². The van der Waals surface area contributed by atoms with Crippen molar-refractivity contribution in [3.05, 3.63) is 35.4 Å². The van der Waals surface area contributed by atoms with E-state index in [2.05, 4.69) is 9.99 Å². The fourth-order valence-corrected chi connectivity index (χ4v) is 1.20. The molecule has 1 rings (SSSR count). The number of oxime groups is 1. The van der Waals surface area contributed by atoms with Crippen LogP contribution in [0.15, 0.2) is 29.4 Å². The van der Waals surface area contributed by atoms with Crippen LogP contribution in [-0.4, -0.2) is 17.9 Å². The molecule has 1 aromatic rings. The molecular weight excluding hydrogens is 190 g/mol. The molecule has 0 heterocycles. The second kappa shape index (κ2) is 8.00. The Kier molecular flexibility index (Phi) is 7.28. The zero-order valence-electron chi connectivity index (χ0n) is 9.82. The molecule has 0 bridgehead atoms. The largest absolute Gasteiger partial charge is 0.399 e. The standard InChI is InChI=1S/C10H13NO2.C2H6/c1-8(11-13-2)10-6-4-3-5-9(10)7-12;1-2/h3-6,12H,7H2,1-2H3;1-2H3/b11-8-;. The van der Waals surface area contributed by atoms with E-state index in [-0.39, 0.29) is 6.61 Å². The summed E-state index contributed by atoms with van der Waals surface area (Å²) in [5.41, 5.74) is 2.56. The molecule has 0 saturated heterocycles. The van der Waals surface area contributed by atoms with Crippen molar-refractivity contribution >= 4 is 5.71 Å². The van der Waals surface area contributed by atoms with Gasteiger partial charge in [-0.25, -0.2) is 0 Å². The first-order valence-electron chi connectivity index (χ1n) is 5.06. The molecule has 0 spiro atoms. The molecule has 15 heavy (non-hydrogen) atoms. The third-order valence-corrected chi connectivity index (χ3v) is 1.81. The molecule has 3 nitrogen and oxygen atoms in total. The molecule has 0 fully saturated rings. The molecule has 3 heteroatoms. The minimum absolute atomic E-state index is 0.0206. The zero-order chi connectivity index (χ0) is 11.7. The number of hydrogen-bond acceptors (Lipinski definition) is 3. The summed E-state index contributed by atoms with van der Waals surface area (Å²) < 4.78 is 0. The molecular formula is C12H19NO2. The summed E-state index contributed by atoms with van der Waals surface area (Å²) in [5.74, 6) is 0. The monoisotopic (exact) mass is 209 g/mol. The predicted octanol–water partition coefficient (Wildman–Crippen LogP) is 2.58. The lowest BCUT2D eigenvalue weighted by atomic mass is 10.0. The molecule has 0 aliphatic rings.